The van der Waals surface area contributed by atoms with E-state index in [-0.39, 0.29) is 11.8 Å². The molecule has 0 saturated carbocycles. The molecule has 2 aromatic rings. The maximum absolute atomic E-state index is 12.5. The van der Waals surface area contributed by atoms with Crippen LogP contribution in [0.25, 0.3) is 0 Å². The first-order valence-electron chi connectivity index (χ1n) is 8.19. The summed E-state index contributed by atoms with van der Waals surface area (Å²) < 4.78 is 0. The summed E-state index contributed by atoms with van der Waals surface area (Å²) in [6.07, 6.45) is 0.391. The van der Waals surface area contributed by atoms with Crippen LogP contribution in [0.2, 0.25) is 5.02 Å². The van der Waals surface area contributed by atoms with Gasteiger partial charge in [-0.3, -0.25) is 9.59 Å². The number of amides is 2. The first-order valence-corrected chi connectivity index (χ1v) is 9.39. The third-order valence-corrected chi connectivity index (χ3v) is 5.65. The van der Waals surface area contributed by atoms with Gasteiger partial charge in [0.2, 0.25) is 5.91 Å². The van der Waals surface area contributed by atoms with E-state index in [9.17, 15) is 9.59 Å². The second-order valence-corrected chi connectivity index (χ2v) is 7.82. The fourth-order valence-electron chi connectivity index (χ4n) is 2.92. The van der Waals surface area contributed by atoms with Gasteiger partial charge in [0.1, 0.15) is 0 Å². The molecule has 0 N–H and O–H groups in total. The Kier molecular flexibility index (Phi) is 5.39. The van der Waals surface area contributed by atoms with Gasteiger partial charge in [-0.2, -0.15) is 0 Å². The highest BCUT2D eigenvalue weighted by atomic mass is 35.5. The molecule has 25 heavy (non-hydrogen) atoms. The summed E-state index contributed by atoms with van der Waals surface area (Å²) >= 11 is 7.44. The highest BCUT2D eigenvalue weighted by Gasteiger charge is 2.25. The van der Waals surface area contributed by atoms with Crippen molar-refractivity contribution in [1.82, 2.24) is 14.8 Å². The van der Waals surface area contributed by atoms with E-state index in [0.717, 1.165) is 15.6 Å². The SMILES string of the molecule is Cc1nc(C)c(CC(=O)N2CCN(C(=O)c3ccc(Cl)cc3)CC2)s1. The average molecular weight is 378 g/mol. The van der Waals surface area contributed by atoms with Crippen LogP contribution in [0, 0.1) is 13.8 Å². The smallest absolute Gasteiger partial charge is 0.253 e. The van der Waals surface area contributed by atoms with Crippen molar-refractivity contribution in [2.45, 2.75) is 20.3 Å². The maximum Gasteiger partial charge on any atom is 0.253 e. The molecule has 2 amide bonds. The minimum absolute atomic E-state index is 0.0160. The van der Waals surface area contributed by atoms with Crippen LogP contribution in [0.5, 0.6) is 0 Å². The van der Waals surface area contributed by atoms with E-state index >= 15 is 0 Å². The number of hydrogen-bond acceptors (Lipinski definition) is 4. The van der Waals surface area contributed by atoms with E-state index in [2.05, 4.69) is 4.98 Å². The quantitative estimate of drug-likeness (QED) is 0.826. The van der Waals surface area contributed by atoms with Crippen molar-refractivity contribution in [3.8, 4) is 0 Å². The number of thiazole rings is 1. The molecule has 1 saturated heterocycles. The zero-order valence-corrected chi connectivity index (χ0v) is 15.9. The van der Waals surface area contributed by atoms with Gasteiger partial charge in [-0.05, 0) is 38.1 Å². The van der Waals surface area contributed by atoms with E-state index in [1.807, 2.05) is 18.7 Å². The normalized spacial score (nSPS) is 14.7. The summed E-state index contributed by atoms with van der Waals surface area (Å²) in [6.45, 7) is 6.12. The van der Waals surface area contributed by atoms with Crippen molar-refractivity contribution in [2.24, 2.45) is 0 Å². The first-order chi connectivity index (χ1) is 11.9. The summed E-state index contributed by atoms with van der Waals surface area (Å²) in [5.74, 6) is 0.0861. The molecule has 0 aliphatic carbocycles. The number of aryl methyl sites for hydroxylation is 2. The maximum atomic E-state index is 12.5. The number of carbonyl (C=O) groups is 2. The van der Waals surface area contributed by atoms with Gasteiger partial charge >= 0.3 is 0 Å². The lowest BCUT2D eigenvalue weighted by Gasteiger charge is -2.34. The van der Waals surface area contributed by atoms with Crippen molar-refractivity contribution >= 4 is 34.8 Å². The summed E-state index contributed by atoms with van der Waals surface area (Å²) in [6, 6.07) is 6.90. The van der Waals surface area contributed by atoms with Crippen LogP contribution >= 0.6 is 22.9 Å². The molecule has 5 nitrogen and oxygen atoms in total. The molecular formula is C18H20ClN3O2S. The molecule has 1 aliphatic heterocycles. The van der Waals surface area contributed by atoms with Gasteiger partial charge in [0.15, 0.2) is 0 Å². The van der Waals surface area contributed by atoms with E-state index < -0.39 is 0 Å². The first kappa shape index (κ1) is 17.9. The standard InChI is InChI=1S/C18H20ClN3O2S/c1-12-16(25-13(2)20-12)11-17(23)21-7-9-22(10-8-21)18(24)14-3-5-15(19)6-4-14/h3-6H,7-11H2,1-2H3. The Hall–Kier alpha value is -1.92. The van der Waals surface area contributed by atoms with Crippen molar-refractivity contribution in [1.29, 1.82) is 0 Å². The fourth-order valence-corrected chi connectivity index (χ4v) is 3.97. The van der Waals surface area contributed by atoms with Crippen molar-refractivity contribution in [2.75, 3.05) is 26.2 Å². The van der Waals surface area contributed by atoms with E-state index in [0.29, 0.717) is 43.2 Å². The van der Waals surface area contributed by atoms with Crippen LogP contribution in [-0.2, 0) is 11.2 Å². The summed E-state index contributed by atoms with van der Waals surface area (Å²) in [5.41, 5.74) is 1.56. The Labute approximate surface area is 156 Å². The van der Waals surface area contributed by atoms with Crippen molar-refractivity contribution in [3.05, 3.63) is 50.4 Å². The zero-order chi connectivity index (χ0) is 18.0. The second kappa shape index (κ2) is 7.54. The van der Waals surface area contributed by atoms with Crippen molar-refractivity contribution < 1.29 is 9.59 Å². The molecule has 1 aromatic carbocycles. The van der Waals surface area contributed by atoms with E-state index in [1.165, 1.54) is 0 Å². The van der Waals surface area contributed by atoms with Gasteiger partial charge in [-0.25, -0.2) is 4.98 Å². The Balaban J connectivity index is 1.56. The molecule has 0 radical (unpaired) electrons. The molecule has 132 valence electrons. The topological polar surface area (TPSA) is 53.5 Å². The minimum atomic E-state index is -0.0160. The van der Waals surface area contributed by atoms with Gasteiger partial charge < -0.3 is 9.80 Å². The van der Waals surface area contributed by atoms with Gasteiger partial charge in [0, 0.05) is 41.6 Å². The van der Waals surface area contributed by atoms with Crippen LogP contribution in [0.4, 0.5) is 0 Å². The molecule has 0 unspecified atom stereocenters. The largest absolute Gasteiger partial charge is 0.339 e. The Morgan fingerprint density at radius 1 is 1.08 bits per heavy atom. The number of benzene rings is 1. The van der Waals surface area contributed by atoms with Gasteiger partial charge in [0.05, 0.1) is 17.1 Å². The Morgan fingerprint density at radius 3 is 2.24 bits per heavy atom. The molecule has 0 atom stereocenters. The molecule has 1 fully saturated rings. The number of halogens is 1. The third-order valence-electron chi connectivity index (χ3n) is 4.32. The van der Waals surface area contributed by atoms with E-state index in [4.69, 9.17) is 11.6 Å². The Bertz CT molecular complexity index is 780. The summed E-state index contributed by atoms with van der Waals surface area (Å²) in [5, 5.41) is 1.60. The second-order valence-electron chi connectivity index (χ2n) is 6.10. The number of piperazine rings is 1. The number of carbonyl (C=O) groups excluding carboxylic acids is 2. The fraction of sp³-hybridized carbons (Fsp3) is 0.389. The van der Waals surface area contributed by atoms with Gasteiger partial charge in [-0.1, -0.05) is 11.6 Å². The predicted molar refractivity (Wildman–Crippen MR) is 99.2 cm³/mol. The van der Waals surface area contributed by atoms with E-state index in [1.54, 1.807) is 40.5 Å². The summed E-state index contributed by atoms with van der Waals surface area (Å²) in [4.78, 5) is 34.0. The molecule has 7 heteroatoms. The van der Waals surface area contributed by atoms with Gasteiger partial charge in [-0.15, -0.1) is 11.3 Å². The molecule has 0 spiro atoms. The molecule has 1 aliphatic rings. The lowest BCUT2D eigenvalue weighted by atomic mass is 10.1. The lowest BCUT2D eigenvalue weighted by molar-refractivity contribution is -0.131. The van der Waals surface area contributed by atoms with Crippen LogP contribution in [0.1, 0.15) is 25.9 Å². The molecular weight excluding hydrogens is 358 g/mol. The number of nitrogens with zero attached hydrogens (tertiary/aromatic N) is 3. The number of rotatable bonds is 3. The molecule has 0 bridgehead atoms. The van der Waals surface area contributed by atoms with Gasteiger partial charge in [0.25, 0.3) is 5.91 Å². The average Bonchev–Trinajstić information content (AvgIpc) is 2.92. The monoisotopic (exact) mass is 377 g/mol. The van der Waals surface area contributed by atoms with Crippen LogP contribution in [0.15, 0.2) is 24.3 Å². The minimum Gasteiger partial charge on any atom is -0.339 e. The van der Waals surface area contributed by atoms with Crippen LogP contribution < -0.4 is 0 Å². The molecule has 3 rings (SSSR count). The van der Waals surface area contributed by atoms with Crippen LogP contribution in [0.3, 0.4) is 0 Å². The number of aromatic nitrogens is 1. The van der Waals surface area contributed by atoms with Crippen LogP contribution in [-0.4, -0.2) is 52.8 Å². The lowest BCUT2D eigenvalue weighted by Crippen LogP contribution is -2.51. The Morgan fingerprint density at radius 2 is 1.68 bits per heavy atom. The third kappa shape index (κ3) is 4.19. The highest BCUT2D eigenvalue weighted by molar-refractivity contribution is 7.11. The summed E-state index contributed by atoms with van der Waals surface area (Å²) in [7, 11) is 0. The highest BCUT2D eigenvalue weighted by Crippen LogP contribution is 2.19. The molecule has 1 aromatic heterocycles. The number of hydrogen-bond donors (Lipinski definition) is 0. The van der Waals surface area contributed by atoms with Crippen molar-refractivity contribution in [3.63, 3.8) is 0 Å². The predicted octanol–water partition coefficient (Wildman–Crippen LogP) is 2.94. The molecule has 2 heterocycles. The zero-order valence-electron chi connectivity index (χ0n) is 14.3.